The Labute approximate surface area is 108 Å². The fourth-order valence-corrected chi connectivity index (χ4v) is 5.43. The normalized spacial score (nSPS) is 47.2. The van der Waals surface area contributed by atoms with Crippen molar-refractivity contribution in [2.45, 2.75) is 62.9 Å². The number of carboxylic acids is 1. The minimum absolute atomic E-state index is 0.195. The molecule has 0 aromatic carbocycles. The smallest absolute Gasteiger partial charge is 0.320 e. The van der Waals surface area contributed by atoms with E-state index in [1.807, 2.05) is 0 Å². The predicted octanol–water partition coefficient (Wildman–Crippen LogP) is 2.41. The first kappa shape index (κ1) is 11.3. The van der Waals surface area contributed by atoms with Gasteiger partial charge in [-0.3, -0.25) is 10.1 Å². The molecule has 0 aromatic rings. The van der Waals surface area contributed by atoms with Crippen LogP contribution in [0, 0.1) is 23.7 Å². The van der Waals surface area contributed by atoms with Crippen molar-refractivity contribution in [2.24, 2.45) is 23.7 Å². The van der Waals surface area contributed by atoms with E-state index in [0.29, 0.717) is 5.92 Å². The van der Waals surface area contributed by atoms with Crippen LogP contribution in [0.3, 0.4) is 0 Å². The van der Waals surface area contributed by atoms with Gasteiger partial charge in [-0.15, -0.1) is 0 Å². The molecule has 1 atom stereocenters. The molecule has 4 bridgehead atoms. The Kier molecular flexibility index (Phi) is 2.33. The number of hydrogen-bond donors (Lipinski definition) is 2. The molecule has 100 valence electrons. The molecule has 5 saturated carbocycles. The molecule has 0 amide bonds. The van der Waals surface area contributed by atoms with E-state index >= 15 is 0 Å². The lowest BCUT2D eigenvalue weighted by atomic mass is 9.53. The van der Waals surface area contributed by atoms with Crippen molar-refractivity contribution < 1.29 is 9.90 Å². The lowest BCUT2D eigenvalue weighted by Gasteiger charge is -2.57. The van der Waals surface area contributed by atoms with Crippen molar-refractivity contribution in [3.63, 3.8) is 0 Å². The number of rotatable bonds is 4. The maximum atomic E-state index is 11.4. The van der Waals surface area contributed by atoms with Gasteiger partial charge in [0.1, 0.15) is 6.04 Å². The molecule has 0 spiro atoms. The van der Waals surface area contributed by atoms with Gasteiger partial charge in [-0.05, 0) is 75.0 Å². The molecule has 0 aliphatic heterocycles. The zero-order valence-corrected chi connectivity index (χ0v) is 10.9. The highest BCUT2D eigenvalue weighted by molar-refractivity contribution is 5.74. The second kappa shape index (κ2) is 3.72. The fraction of sp³-hybridized carbons (Fsp3) is 0.933. The standard InChI is InChI=1S/C15H23NO2/c17-14(18)13(12-1-2-12)16-15-6-9-3-10(7-15)5-11(4-9)8-15/h9-13,16H,1-8H2,(H,17,18). The van der Waals surface area contributed by atoms with Crippen LogP contribution in [0.4, 0.5) is 0 Å². The summed E-state index contributed by atoms with van der Waals surface area (Å²) in [5.74, 6) is 2.45. The van der Waals surface area contributed by atoms with Crippen LogP contribution in [0.15, 0.2) is 0 Å². The lowest BCUT2D eigenvalue weighted by Crippen LogP contribution is -2.62. The third kappa shape index (κ3) is 1.78. The predicted molar refractivity (Wildman–Crippen MR) is 68.2 cm³/mol. The lowest BCUT2D eigenvalue weighted by molar-refractivity contribution is -0.142. The minimum Gasteiger partial charge on any atom is -0.480 e. The minimum atomic E-state index is -0.617. The molecule has 0 aromatic heterocycles. The monoisotopic (exact) mass is 249 g/mol. The average Bonchev–Trinajstić information content (AvgIpc) is 3.07. The zero-order chi connectivity index (χ0) is 12.3. The van der Waals surface area contributed by atoms with Crippen LogP contribution in [0.25, 0.3) is 0 Å². The van der Waals surface area contributed by atoms with E-state index in [-0.39, 0.29) is 11.6 Å². The quantitative estimate of drug-likeness (QED) is 0.804. The van der Waals surface area contributed by atoms with Gasteiger partial charge in [-0.2, -0.15) is 0 Å². The first-order chi connectivity index (χ1) is 8.63. The topological polar surface area (TPSA) is 49.3 Å². The van der Waals surface area contributed by atoms with Gasteiger partial charge in [0.25, 0.3) is 0 Å². The second-order valence-corrected chi connectivity index (χ2v) is 7.50. The maximum Gasteiger partial charge on any atom is 0.320 e. The Balaban J connectivity index is 1.54. The Morgan fingerprint density at radius 1 is 1.06 bits per heavy atom. The summed E-state index contributed by atoms with van der Waals surface area (Å²) in [6.07, 6.45) is 10.2. The molecule has 3 heteroatoms. The van der Waals surface area contributed by atoms with Crippen LogP contribution in [-0.2, 0) is 4.79 Å². The summed E-state index contributed by atoms with van der Waals surface area (Å²) in [5.41, 5.74) is 0.195. The van der Waals surface area contributed by atoms with Crippen LogP contribution >= 0.6 is 0 Å². The van der Waals surface area contributed by atoms with Crippen molar-refractivity contribution >= 4 is 5.97 Å². The van der Waals surface area contributed by atoms with E-state index in [1.165, 1.54) is 38.5 Å². The van der Waals surface area contributed by atoms with Gasteiger partial charge in [-0.1, -0.05) is 0 Å². The number of carbonyl (C=O) groups is 1. The summed E-state index contributed by atoms with van der Waals surface area (Å²) in [6.45, 7) is 0. The zero-order valence-electron chi connectivity index (χ0n) is 10.9. The molecule has 0 saturated heterocycles. The molecular formula is C15H23NO2. The van der Waals surface area contributed by atoms with Gasteiger partial charge in [0.15, 0.2) is 0 Å². The van der Waals surface area contributed by atoms with E-state index in [4.69, 9.17) is 0 Å². The summed E-state index contributed by atoms with van der Waals surface area (Å²) < 4.78 is 0. The highest BCUT2D eigenvalue weighted by Crippen LogP contribution is 2.56. The highest BCUT2D eigenvalue weighted by Gasteiger charge is 2.53. The van der Waals surface area contributed by atoms with Gasteiger partial charge >= 0.3 is 5.97 Å². The summed E-state index contributed by atoms with van der Waals surface area (Å²) in [4.78, 5) is 11.4. The molecule has 5 aliphatic carbocycles. The Bertz CT molecular complexity index is 339. The molecule has 0 heterocycles. The van der Waals surface area contributed by atoms with Gasteiger partial charge in [0.2, 0.25) is 0 Å². The summed E-state index contributed by atoms with van der Waals surface area (Å²) in [6, 6.07) is -0.263. The van der Waals surface area contributed by atoms with Gasteiger partial charge in [0.05, 0.1) is 0 Å². The third-order valence-electron chi connectivity index (χ3n) is 5.86. The number of hydrogen-bond acceptors (Lipinski definition) is 2. The number of nitrogens with one attached hydrogen (secondary N) is 1. The van der Waals surface area contributed by atoms with Crippen molar-refractivity contribution in [1.29, 1.82) is 0 Å². The third-order valence-corrected chi connectivity index (χ3v) is 5.86. The highest BCUT2D eigenvalue weighted by atomic mass is 16.4. The van der Waals surface area contributed by atoms with Crippen molar-refractivity contribution in [1.82, 2.24) is 5.32 Å². The molecule has 3 nitrogen and oxygen atoms in total. The molecular weight excluding hydrogens is 226 g/mol. The van der Waals surface area contributed by atoms with Crippen molar-refractivity contribution in [2.75, 3.05) is 0 Å². The van der Waals surface area contributed by atoms with Crippen LogP contribution in [-0.4, -0.2) is 22.7 Å². The van der Waals surface area contributed by atoms with E-state index in [1.54, 1.807) is 0 Å². The van der Waals surface area contributed by atoms with E-state index in [9.17, 15) is 9.90 Å². The molecule has 0 radical (unpaired) electrons. The summed E-state index contributed by atoms with van der Waals surface area (Å²) >= 11 is 0. The first-order valence-corrected chi connectivity index (χ1v) is 7.64. The van der Waals surface area contributed by atoms with Crippen LogP contribution in [0.1, 0.15) is 51.4 Å². The Hall–Kier alpha value is -0.570. The van der Waals surface area contributed by atoms with Gasteiger partial charge in [0, 0.05) is 5.54 Å². The Morgan fingerprint density at radius 3 is 1.94 bits per heavy atom. The molecule has 2 N–H and O–H groups in total. The van der Waals surface area contributed by atoms with Crippen LogP contribution in [0.2, 0.25) is 0 Å². The average molecular weight is 249 g/mol. The van der Waals surface area contributed by atoms with E-state index < -0.39 is 5.97 Å². The summed E-state index contributed by atoms with van der Waals surface area (Å²) in [5, 5.41) is 13.0. The number of carboxylic acid groups (broad SMARTS) is 1. The van der Waals surface area contributed by atoms with Gasteiger partial charge < -0.3 is 5.11 Å². The largest absolute Gasteiger partial charge is 0.480 e. The van der Waals surface area contributed by atoms with Gasteiger partial charge in [-0.25, -0.2) is 0 Å². The molecule has 18 heavy (non-hydrogen) atoms. The molecule has 5 fully saturated rings. The second-order valence-electron chi connectivity index (χ2n) is 7.50. The molecule has 5 aliphatic rings. The Morgan fingerprint density at radius 2 is 1.56 bits per heavy atom. The maximum absolute atomic E-state index is 11.4. The van der Waals surface area contributed by atoms with Crippen LogP contribution < -0.4 is 5.32 Å². The number of aliphatic carboxylic acids is 1. The summed E-state index contributed by atoms with van der Waals surface area (Å²) in [7, 11) is 0. The van der Waals surface area contributed by atoms with E-state index in [2.05, 4.69) is 5.32 Å². The molecule has 5 rings (SSSR count). The first-order valence-electron chi connectivity index (χ1n) is 7.64. The van der Waals surface area contributed by atoms with E-state index in [0.717, 1.165) is 30.6 Å². The van der Waals surface area contributed by atoms with Crippen molar-refractivity contribution in [3.05, 3.63) is 0 Å². The van der Waals surface area contributed by atoms with Crippen molar-refractivity contribution in [3.8, 4) is 0 Å². The van der Waals surface area contributed by atoms with Crippen LogP contribution in [0.5, 0.6) is 0 Å². The molecule has 1 unspecified atom stereocenters. The fourth-order valence-electron chi connectivity index (χ4n) is 5.43. The SMILES string of the molecule is O=C(O)C(NC12CC3CC(CC(C3)C1)C2)C1CC1.